The first kappa shape index (κ1) is 28.5. The van der Waals surface area contributed by atoms with Crippen molar-refractivity contribution in [1.29, 1.82) is 0 Å². The fourth-order valence-electron chi connectivity index (χ4n) is 3.85. The molecule has 1 atom stereocenters. The average Bonchev–Trinajstić information content (AvgIpc) is 2.88. The minimum absolute atomic E-state index is 0.0449. The van der Waals surface area contributed by atoms with Crippen LogP contribution >= 0.6 is 23.2 Å². The molecule has 0 bridgehead atoms. The first-order valence-electron chi connectivity index (χ1n) is 11.7. The Kier molecular flexibility index (Phi) is 9.59. The van der Waals surface area contributed by atoms with E-state index in [4.69, 9.17) is 23.2 Å². The molecule has 7 nitrogen and oxygen atoms in total. The van der Waals surface area contributed by atoms with E-state index in [9.17, 15) is 18.0 Å². The maximum absolute atomic E-state index is 13.8. The number of aryl methyl sites for hydroxylation is 1. The van der Waals surface area contributed by atoms with Crippen LogP contribution in [0.2, 0.25) is 10.0 Å². The third kappa shape index (κ3) is 7.03. The molecule has 0 aliphatic carbocycles. The molecule has 1 N–H and O–H groups in total. The molecule has 0 aliphatic heterocycles. The SMILES string of the molecule is CC[C@@H](C(=O)NC)N(Cc1ccc(Cl)cc1)C(=O)CN(c1ccc(Cl)cc1)S(=O)(=O)c1ccc(C)cc1. The Morgan fingerprint density at radius 2 is 1.43 bits per heavy atom. The van der Waals surface area contributed by atoms with Crippen LogP contribution < -0.4 is 9.62 Å². The van der Waals surface area contributed by atoms with E-state index in [-0.39, 0.29) is 23.0 Å². The number of carbonyl (C=O) groups excluding carboxylic acids is 2. The molecule has 0 saturated heterocycles. The molecule has 37 heavy (non-hydrogen) atoms. The van der Waals surface area contributed by atoms with Gasteiger partial charge in [0.05, 0.1) is 10.6 Å². The third-order valence-electron chi connectivity index (χ3n) is 5.90. The summed E-state index contributed by atoms with van der Waals surface area (Å²) in [5.74, 6) is -0.875. The Bertz CT molecular complexity index is 1330. The number of anilines is 1. The first-order valence-corrected chi connectivity index (χ1v) is 13.9. The summed E-state index contributed by atoms with van der Waals surface area (Å²) >= 11 is 12.0. The van der Waals surface area contributed by atoms with Gasteiger partial charge in [-0.1, -0.05) is 60.0 Å². The van der Waals surface area contributed by atoms with Crippen LogP contribution in [0.3, 0.4) is 0 Å². The highest BCUT2D eigenvalue weighted by Crippen LogP contribution is 2.26. The Balaban J connectivity index is 2.04. The van der Waals surface area contributed by atoms with Gasteiger partial charge in [0, 0.05) is 23.6 Å². The van der Waals surface area contributed by atoms with Gasteiger partial charge in [-0.3, -0.25) is 13.9 Å². The largest absolute Gasteiger partial charge is 0.357 e. The Morgan fingerprint density at radius 1 is 0.892 bits per heavy atom. The minimum Gasteiger partial charge on any atom is -0.357 e. The van der Waals surface area contributed by atoms with Gasteiger partial charge in [-0.25, -0.2) is 8.42 Å². The highest BCUT2D eigenvalue weighted by Gasteiger charge is 2.33. The van der Waals surface area contributed by atoms with Crippen LogP contribution in [0.5, 0.6) is 0 Å². The van der Waals surface area contributed by atoms with E-state index in [2.05, 4.69) is 5.32 Å². The number of nitrogens with zero attached hydrogens (tertiary/aromatic N) is 2. The zero-order chi connectivity index (χ0) is 27.2. The maximum atomic E-state index is 13.8. The number of carbonyl (C=O) groups is 2. The Morgan fingerprint density at radius 3 is 1.95 bits per heavy atom. The van der Waals surface area contributed by atoms with Crippen LogP contribution in [0.1, 0.15) is 24.5 Å². The van der Waals surface area contributed by atoms with Gasteiger partial charge < -0.3 is 10.2 Å². The standard InChI is InChI=1S/C27H29Cl2N3O4S/c1-4-25(27(34)30-3)31(17-20-7-9-21(28)10-8-20)26(33)18-32(23-13-11-22(29)12-14-23)37(35,36)24-15-5-19(2)6-16-24/h5-16,25H,4,17-18H2,1-3H3,(H,30,34)/t25-/m0/s1. The summed E-state index contributed by atoms with van der Waals surface area (Å²) < 4.78 is 28.5. The van der Waals surface area contributed by atoms with Crippen LogP contribution in [-0.2, 0) is 26.2 Å². The van der Waals surface area contributed by atoms with Crippen LogP contribution in [-0.4, -0.2) is 44.8 Å². The predicted octanol–water partition coefficient (Wildman–Crippen LogP) is 5.05. The summed E-state index contributed by atoms with van der Waals surface area (Å²) in [6.45, 7) is 3.23. The van der Waals surface area contributed by atoms with Crippen molar-refractivity contribution >= 4 is 50.7 Å². The number of amides is 2. The highest BCUT2D eigenvalue weighted by molar-refractivity contribution is 7.92. The van der Waals surface area contributed by atoms with Gasteiger partial charge in [0.1, 0.15) is 12.6 Å². The van der Waals surface area contributed by atoms with Gasteiger partial charge in [0.25, 0.3) is 10.0 Å². The number of hydrogen-bond donors (Lipinski definition) is 1. The zero-order valence-corrected chi connectivity index (χ0v) is 23.1. The average molecular weight is 563 g/mol. The molecule has 196 valence electrons. The lowest BCUT2D eigenvalue weighted by Gasteiger charge is -2.33. The molecule has 0 spiro atoms. The molecular formula is C27H29Cl2N3O4S. The first-order chi connectivity index (χ1) is 17.6. The summed E-state index contributed by atoms with van der Waals surface area (Å²) in [7, 11) is -2.63. The van der Waals surface area contributed by atoms with Crippen molar-refractivity contribution in [3.8, 4) is 0 Å². The monoisotopic (exact) mass is 561 g/mol. The summed E-state index contributed by atoms with van der Waals surface area (Å²) in [5, 5.41) is 3.57. The summed E-state index contributed by atoms with van der Waals surface area (Å²) in [6, 6.07) is 18.7. The molecule has 2 amide bonds. The lowest BCUT2D eigenvalue weighted by molar-refractivity contribution is -0.140. The normalized spacial score (nSPS) is 12.0. The van der Waals surface area contributed by atoms with Crippen molar-refractivity contribution in [3.63, 3.8) is 0 Å². The van der Waals surface area contributed by atoms with E-state index in [0.717, 1.165) is 15.4 Å². The van der Waals surface area contributed by atoms with Gasteiger partial charge in [-0.15, -0.1) is 0 Å². The second kappa shape index (κ2) is 12.4. The van der Waals surface area contributed by atoms with Gasteiger partial charge >= 0.3 is 0 Å². The highest BCUT2D eigenvalue weighted by atomic mass is 35.5. The quantitative estimate of drug-likeness (QED) is 0.375. The minimum atomic E-state index is -4.12. The molecular weight excluding hydrogens is 533 g/mol. The van der Waals surface area contributed by atoms with Gasteiger partial charge in [-0.05, 0) is 67.4 Å². The Hall–Kier alpha value is -3.07. The number of likely N-dealkylation sites (N-methyl/N-ethyl adjacent to an activating group) is 1. The molecule has 10 heteroatoms. The smallest absolute Gasteiger partial charge is 0.264 e. The van der Waals surface area contributed by atoms with Crippen LogP contribution in [0, 0.1) is 6.92 Å². The summed E-state index contributed by atoms with van der Waals surface area (Å²) in [5.41, 5.74) is 1.93. The lowest BCUT2D eigenvalue weighted by Crippen LogP contribution is -2.51. The van der Waals surface area contributed by atoms with E-state index in [1.807, 2.05) is 6.92 Å². The molecule has 0 heterocycles. The summed E-state index contributed by atoms with van der Waals surface area (Å²) in [4.78, 5) is 28.0. The zero-order valence-electron chi connectivity index (χ0n) is 20.8. The van der Waals surface area contributed by atoms with Gasteiger partial charge in [0.2, 0.25) is 11.8 Å². The lowest BCUT2D eigenvalue weighted by atomic mass is 10.1. The molecule has 3 aromatic rings. The molecule has 0 fully saturated rings. The number of halogens is 2. The van der Waals surface area contributed by atoms with Crippen molar-refractivity contribution in [3.05, 3.63) is 94.0 Å². The predicted molar refractivity (Wildman–Crippen MR) is 147 cm³/mol. The van der Waals surface area contributed by atoms with Gasteiger partial charge in [-0.2, -0.15) is 0 Å². The fraction of sp³-hybridized carbons (Fsp3) is 0.259. The van der Waals surface area contributed by atoms with E-state index in [1.54, 1.807) is 67.6 Å². The van der Waals surface area contributed by atoms with Crippen molar-refractivity contribution < 1.29 is 18.0 Å². The summed E-state index contributed by atoms with van der Waals surface area (Å²) in [6.07, 6.45) is 0.338. The van der Waals surface area contributed by atoms with Crippen molar-refractivity contribution in [1.82, 2.24) is 10.2 Å². The number of benzene rings is 3. The molecule has 3 aromatic carbocycles. The molecule has 0 radical (unpaired) electrons. The third-order valence-corrected chi connectivity index (χ3v) is 8.19. The van der Waals surface area contributed by atoms with E-state index in [1.165, 1.54) is 24.1 Å². The molecule has 3 rings (SSSR count). The number of rotatable bonds is 10. The van der Waals surface area contributed by atoms with E-state index >= 15 is 0 Å². The Labute approximate surface area is 228 Å². The second-order valence-electron chi connectivity index (χ2n) is 8.49. The molecule has 0 aromatic heterocycles. The molecule has 0 unspecified atom stereocenters. The van der Waals surface area contributed by atoms with Crippen molar-refractivity contribution in [2.24, 2.45) is 0 Å². The number of sulfonamides is 1. The van der Waals surface area contributed by atoms with Crippen molar-refractivity contribution in [2.75, 3.05) is 17.9 Å². The molecule has 0 saturated carbocycles. The van der Waals surface area contributed by atoms with Crippen LogP contribution in [0.15, 0.2) is 77.7 Å². The van der Waals surface area contributed by atoms with Crippen LogP contribution in [0.25, 0.3) is 0 Å². The molecule has 0 aliphatic rings. The van der Waals surface area contributed by atoms with E-state index in [0.29, 0.717) is 16.5 Å². The van der Waals surface area contributed by atoms with Crippen molar-refractivity contribution in [2.45, 2.75) is 37.8 Å². The number of hydrogen-bond acceptors (Lipinski definition) is 4. The second-order valence-corrected chi connectivity index (χ2v) is 11.2. The van der Waals surface area contributed by atoms with E-state index < -0.39 is 28.5 Å². The van der Waals surface area contributed by atoms with Gasteiger partial charge in [0.15, 0.2) is 0 Å². The topological polar surface area (TPSA) is 86.8 Å². The van der Waals surface area contributed by atoms with Crippen LogP contribution in [0.4, 0.5) is 5.69 Å². The maximum Gasteiger partial charge on any atom is 0.264 e. The fourth-order valence-corrected chi connectivity index (χ4v) is 5.51. The number of nitrogens with one attached hydrogen (secondary N) is 1.